The number of aromatic nitrogens is 5. The largest absolute Gasteiger partial charge is 0.439 e. The van der Waals surface area contributed by atoms with Gasteiger partial charge in [-0.15, -0.1) is 0 Å². The molecule has 9 heteroatoms. The third-order valence-electron chi connectivity index (χ3n) is 4.36. The van der Waals surface area contributed by atoms with Crippen LogP contribution in [0.15, 0.2) is 61.3 Å². The van der Waals surface area contributed by atoms with E-state index in [0.29, 0.717) is 29.3 Å². The van der Waals surface area contributed by atoms with E-state index in [1.165, 1.54) is 24.7 Å². The number of fused-ring (bicyclic) bond motifs is 1. The molecule has 0 atom stereocenters. The van der Waals surface area contributed by atoms with Gasteiger partial charge >= 0.3 is 0 Å². The number of rotatable bonds is 7. The molecule has 0 unspecified atom stereocenters. The van der Waals surface area contributed by atoms with Crippen LogP contribution in [0.4, 0.5) is 14.6 Å². The van der Waals surface area contributed by atoms with E-state index in [9.17, 15) is 8.78 Å². The standard InChI is InChI=1S/C21H18F2N6O/c1-21(22,23)15-7-9-24-17(12-15)30-16-4-2-14(3-5-16)6-8-26-19-18-20(29-13-28-19)27-11-10-25-18/h2-5,7,9-13H,6,8H2,1H3,(H,26,27,28,29). The number of alkyl halides is 2. The van der Waals surface area contributed by atoms with Gasteiger partial charge in [-0.05, 0) is 30.2 Å². The monoisotopic (exact) mass is 408 g/mol. The number of nitrogens with one attached hydrogen (secondary N) is 1. The molecule has 1 aromatic carbocycles. The third-order valence-corrected chi connectivity index (χ3v) is 4.36. The Morgan fingerprint density at radius 1 is 0.933 bits per heavy atom. The fraction of sp³-hybridized carbons (Fsp3) is 0.190. The number of pyridine rings is 1. The number of hydrogen-bond donors (Lipinski definition) is 1. The van der Waals surface area contributed by atoms with E-state index in [0.717, 1.165) is 18.9 Å². The lowest BCUT2D eigenvalue weighted by Gasteiger charge is -2.12. The summed E-state index contributed by atoms with van der Waals surface area (Å²) < 4.78 is 32.5. The Morgan fingerprint density at radius 3 is 2.53 bits per heavy atom. The molecule has 0 saturated heterocycles. The van der Waals surface area contributed by atoms with Crippen LogP contribution in [0.5, 0.6) is 11.6 Å². The minimum absolute atomic E-state index is 0.125. The molecule has 7 nitrogen and oxygen atoms in total. The molecule has 0 aliphatic carbocycles. The molecule has 3 aromatic heterocycles. The lowest BCUT2D eigenvalue weighted by molar-refractivity contribution is 0.0172. The van der Waals surface area contributed by atoms with Crippen molar-refractivity contribution in [2.75, 3.05) is 11.9 Å². The molecular formula is C21H18F2N6O. The van der Waals surface area contributed by atoms with Crippen molar-refractivity contribution >= 4 is 17.0 Å². The van der Waals surface area contributed by atoms with Crippen LogP contribution >= 0.6 is 0 Å². The molecule has 0 radical (unpaired) electrons. The van der Waals surface area contributed by atoms with Crippen LogP contribution in [-0.4, -0.2) is 31.5 Å². The predicted molar refractivity (Wildman–Crippen MR) is 108 cm³/mol. The maximum Gasteiger partial charge on any atom is 0.270 e. The summed E-state index contributed by atoms with van der Waals surface area (Å²) in [5.74, 6) is -1.67. The van der Waals surface area contributed by atoms with Gasteiger partial charge in [-0.3, -0.25) is 0 Å². The van der Waals surface area contributed by atoms with E-state index in [4.69, 9.17) is 4.74 Å². The van der Waals surface area contributed by atoms with Crippen molar-refractivity contribution in [1.82, 2.24) is 24.9 Å². The van der Waals surface area contributed by atoms with E-state index >= 15 is 0 Å². The summed E-state index contributed by atoms with van der Waals surface area (Å²) in [5.41, 5.74) is 2.09. The first-order valence-corrected chi connectivity index (χ1v) is 9.26. The molecular weight excluding hydrogens is 390 g/mol. The number of anilines is 1. The Labute approximate surface area is 171 Å². The summed E-state index contributed by atoms with van der Waals surface area (Å²) in [5, 5.41) is 3.25. The number of hydrogen-bond acceptors (Lipinski definition) is 7. The van der Waals surface area contributed by atoms with Crippen LogP contribution in [0.25, 0.3) is 11.2 Å². The van der Waals surface area contributed by atoms with Crippen LogP contribution in [-0.2, 0) is 12.3 Å². The average Bonchev–Trinajstić information content (AvgIpc) is 2.75. The van der Waals surface area contributed by atoms with Crippen molar-refractivity contribution in [2.45, 2.75) is 19.3 Å². The third kappa shape index (κ3) is 4.62. The second kappa shape index (κ2) is 8.32. The second-order valence-corrected chi connectivity index (χ2v) is 6.64. The summed E-state index contributed by atoms with van der Waals surface area (Å²) >= 11 is 0. The van der Waals surface area contributed by atoms with Gasteiger partial charge in [-0.2, -0.15) is 0 Å². The molecule has 4 rings (SSSR count). The second-order valence-electron chi connectivity index (χ2n) is 6.64. The van der Waals surface area contributed by atoms with Gasteiger partial charge in [0.05, 0.1) is 0 Å². The normalized spacial score (nSPS) is 11.4. The number of benzene rings is 1. The maximum atomic E-state index is 13.4. The Morgan fingerprint density at radius 2 is 1.73 bits per heavy atom. The average molecular weight is 408 g/mol. The lowest BCUT2D eigenvalue weighted by atomic mass is 10.1. The van der Waals surface area contributed by atoms with Crippen LogP contribution in [0.1, 0.15) is 18.1 Å². The van der Waals surface area contributed by atoms with Crippen molar-refractivity contribution < 1.29 is 13.5 Å². The first-order chi connectivity index (χ1) is 14.5. The SMILES string of the molecule is CC(F)(F)c1ccnc(Oc2ccc(CCNc3ncnc4nccnc34)cc2)c1. The minimum atomic E-state index is -2.95. The van der Waals surface area contributed by atoms with E-state index < -0.39 is 5.92 Å². The molecule has 152 valence electrons. The molecule has 1 N–H and O–H groups in total. The van der Waals surface area contributed by atoms with Gasteiger partial charge in [0.15, 0.2) is 11.5 Å². The topological polar surface area (TPSA) is 85.7 Å². The molecule has 0 saturated carbocycles. The zero-order valence-corrected chi connectivity index (χ0v) is 16.1. The van der Waals surface area contributed by atoms with Gasteiger partial charge in [0, 0.05) is 43.7 Å². The van der Waals surface area contributed by atoms with Crippen molar-refractivity contribution in [3.8, 4) is 11.6 Å². The van der Waals surface area contributed by atoms with Crippen molar-refractivity contribution in [2.24, 2.45) is 0 Å². The first kappa shape index (κ1) is 19.6. The van der Waals surface area contributed by atoms with E-state index in [1.54, 1.807) is 24.5 Å². The maximum absolute atomic E-state index is 13.4. The lowest BCUT2D eigenvalue weighted by Crippen LogP contribution is -2.08. The van der Waals surface area contributed by atoms with Gasteiger partial charge in [-0.1, -0.05) is 12.1 Å². The fourth-order valence-electron chi connectivity index (χ4n) is 2.83. The van der Waals surface area contributed by atoms with Crippen LogP contribution in [0, 0.1) is 0 Å². The van der Waals surface area contributed by atoms with Gasteiger partial charge in [0.25, 0.3) is 5.92 Å². The highest BCUT2D eigenvalue weighted by atomic mass is 19.3. The van der Waals surface area contributed by atoms with Gasteiger partial charge < -0.3 is 10.1 Å². The summed E-state index contributed by atoms with van der Waals surface area (Å²) in [6.07, 6.45) is 6.68. The summed E-state index contributed by atoms with van der Waals surface area (Å²) in [6, 6.07) is 9.89. The van der Waals surface area contributed by atoms with Gasteiger partial charge in [0.2, 0.25) is 5.88 Å². The first-order valence-electron chi connectivity index (χ1n) is 9.26. The zero-order valence-electron chi connectivity index (χ0n) is 16.1. The number of ether oxygens (including phenoxy) is 1. The summed E-state index contributed by atoms with van der Waals surface area (Å²) in [7, 11) is 0. The highest BCUT2D eigenvalue weighted by molar-refractivity contribution is 5.81. The predicted octanol–water partition coefficient (Wildman–Crippen LogP) is 4.37. The number of nitrogens with zero attached hydrogens (tertiary/aromatic N) is 5. The Hall–Kier alpha value is -3.75. The van der Waals surface area contributed by atoms with Crippen LogP contribution < -0.4 is 10.1 Å². The smallest absolute Gasteiger partial charge is 0.270 e. The fourth-order valence-corrected chi connectivity index (χ4v) is 2.83. The Bertz CT molecular complexity index is 1140. The molecule has 0 aliphatic heterocycles. The molecule has 30 heavy (non-hydrogen) atoms. The minimum Gasteiger partial charge on any atom is -0.439 e. The van der Waals surface area contributed by atoms with Gasteiger partial charge in [-0.25, -0.2) is 33.7 Å². The highest BCUT2D eigenvalue weighted by Crippen LogP contribution is 2.29. The van der Waals surface area contributed by atoms with E-state index in [1.807, 2.05) is 12.1 Å². The van der Waals surface area contributed by atoms with Crippen LogP contribution in [0.2, 0.25) is 0 Å². The quantitative estimate of drug-likeness (QED) is 0.486. The Kier molecular flexibility index (Phi) is 5.42. The molecule has 3 heterocycles. The summed E-state index contributed by atoms with van der Waals surface area (Å²) in [4.78, 5) is 20.7. The van der Waals surface area contributed by atoms with E-state index in [-0.39, 0.29) is 11.4 Å². The molecule has 0 bridgehead atoms. The van der Waals surface area contributed by atoms with Crippen molar-refractivity contribution in [3.63, 3.8) is 0 Å². The zero-order chi connectivity index (χ0) is 21.0. The molecule has 0 amide bonds. The summed E-state index contributed by atoms with van der Waals surface area (Å²) in [6.45, 7) is 1.48. The van der Waals surface area contributed by atoms with Crippen LogP contribution in [0.3, 0.4) is 0 Å². The number of halogens is 2. The molecule has 0 aliphatic rings. The van der Waals surface area contributed by atoms with Crippen molar-refractivity contribution in [3.05, 3.63) is 72.4 Å². The highest BCUT2D eigenvalue weighted by Gasteiger charge is 2.24. The Balaban J connectivity index is 1.36. The molecule has 0 spiro atoms. The molecule has 4 aromatic rings. The van der Waals surface area contributed by atoms with Gasteiger partial charge in [0.1, 0.15) is 17.6 Å². The van der Waals surface area contributed by atoms with E-state index in [2.05, 4.69) is 30.2 Å². The van der Waals surface area contributed by atoms with Crippen molar-refractivity contribution in [1.29, 1.82) is 0 Å². The molecule has 0 fully saturated rings.